The number of thiophene rings is 1. The van der Waals surface area contributed by atoms with E-state index in [1.165, 1.54) is 27.8 Å². The zero-order valence-electron chi connectivity index (χ0n) is 20.6. The number of fused-ring (bicyclic) bond motifs is 3. The van der Waals surface area contributed by atoms with Crippen molar-refractivity contribution < 1.29 is 9.53 Å². The van der Waals surface area contributed by atoms with Gasteiger partial charge in [0.25, 0.3) is 5.56 Å². The number of benzene rings is 1. The van der Waals surface area contributed by atoms with Gasteiger partial charge >= 0.3 is 0 Å². The van der Waals surface area contributed by atoms with Gasteiger partial charge in [0.2, 0.25) is 5.91 Å². The number of ether oxygens (including phenoxy) is 1. The summed E-state index contributed by atoms with van der Waals surface area (Å²) in [4.78, 5) is 33.4. The van der Waals surface area contributed by atoms with Crippen LogP contribution >= 0.6 is 23.1 Å². The van der Waals surface area contributed by atoms with Gasteiger partial charge in [-0.05, 0) is 61.3 Å². The predicted octanol–water partition coefficient (Wildman–Crippen LogP) is 5.40. The quantitative estimate of drug-likeness (QED) is 0.255. The van der Waals surface area contributed by atoms with Gasteiger partial charge in [-0.2, -0.15) is 0 Å². The van der Waals surface area contributed by atoms with Crippen LogP contribution in [0.25, 0.3) is 10.2 Å². The number of thioether (sulfide) groups is 1. The first-order chi connectivity index (χ1) is 16.2. The molecule has 4 rings (SSSR count). The summed E-state index contributed by atoms with van der Waals surface area (Å²) >= 11 is 2.97. The number of carbonyl (C=O) groups excluding carboxylic acids is 1. The Morgan fingerprint density at radius 1 is 1.26 bits per heavy atom. The average molecular weight is 500 g/mol. The Bertz CT molecular complexity index is 1240. The van der Waals surface area contributed by atoms with Gasteiger partial charge < -0.3 is 10.1 Å². The van der Waals surface area contributed by atoms with Crippen molar-refractivity contribution in [1.82, 2.24) is 9.55 Å². The molecule has 2 aromatic heterocycles. The van der Waals surface area contributed by atoms with E-state index in [2.05, 4.69) is 26.1 Å². The van der Waals surface area contributed by atoms with E-state index >= 15 is 0 Å². The lowest BCUT2D eigenvalue weighted by atomic mass is 9.87. The van der Waals surface area contributed by atoms with Gasteiger partial charge in [-0.3, -0.25) is 14.2 Å². The molecule has 0 aliphatic heterocycles. The lowest BCUT2D eigenvalue weighted by molar-refractivity contribution is -0.115. The number of rotatable bonds is 8. The maximum Gasteiger partial charge on any atom is 0.263 e. The SMILES string of the molecule is COCCCn1c(SC(C)C(=O)Nc2ccc(C(C)(C)C)cc2)nc2sc3c(c2c1=O)CCC3. The Kier molecular flexibility index (Phi) is 7.50. The van der Waals surface area contributed by atoms with Crippen molar-refractivity contribution in [2.45, 2.75) is 75.7 Å². The molecule has 8 heteroatoms. The molecule has 0 radical (unpaired) electrons. The molecule has 6 nitrogen and oxygen atoms in total. The minimum absolute atomic E-state index is 0.00776. The second-order valence-corrected chi connectivity index (χ2v) is 12.2. The lowest BCUT2D eigenvalue weighted by Crippen LogP contribution is -2.27. The Hall–Kier alpha value is -2.16. The molecule has 0 fully saturated rings. The second-order valence-electron chi connectivity index (χ2n) is 9.81. The van der Waals surface area contributed by atoms with E-state index in [1.54, 1.807) is 23.0 Å². The number of aryl methyl sites for hydroxylation is 2. The monoisotopic (exact) mass is 499 g/mol. The fraction of sp³-hybridized carbons (Fsp3) is 0.500. The largest absolute Gasteiger partial charge is 0.385 e. The smallest absolute Gasteiger partial charge is 0.263 e. The standard InChI is InChI=1S/C26H33N3O3S2/c1-16(22(30)27-18-12-10-17(11-13-18)26(2,3)4)33-25-28-23-21(19-8-6-9-20(19)34-23)24(31)29(25)14-7-15-32-5/h10-13,16H,6-9,14-15H2,1-5H3,(H,27,30). The third-order valence-corrected chi connectivity index (χ3v) is 8.47. The molecule has 1 aromatic carbocycles. The van der Waals surface area contributed by atoms with Crippen LogP contribution in [0.2, 0.25) is 0 Å². The van der Waals surface area contributed by atoms with Crippen molar-refractivity contribution in [3.63, 3.8) is 0 Å². The Morgan fingerprint density at radius 2 is 2.00 bits per heavy atom. The topological polar surface area (TPSA) is 73.2 Å². The summed E-state index contributed by atoms with van der Waals surface area (Å²) in [6.45, 7) is 9.43. The van der Waals surface area contributed by atoms with E-state index in [4.69, 9.17) is 9.72 Å². The molecular formula is C26H33N3O3S2. The number of amides is 1. The highest BCUT2D eigenvalue weighted by molar-refractivity contribution is 8.00. The Morgan fingerprint density at radius 3 is 2.68 bits per heavy atom. The van der Waals surface area contributed by atoms with Crippen LogP contribution in [0.1, 0.15) is 56.5 Å². The number of anilines is 1. The Balaban J connectivity index is 1.56. The highest BCUT2D eigenvalue weighted by Gasteiger charge is 2.25. The molecule has 34 heavy (non-hydrogen) atoms. The van der Waals surface area contributed by atoms with Crippen molar-refractivity contribution in [2.75, 3.05) is 19.0 Å². The van der Waals surface area contributed by atoms with Crippen LogP contribution in [0.5, 0.6) is 0 Å². The third-order valence-electron chi connectivity index (χ3n) is 6.19. The Labute approximate surface area is 209 Å². The molecule has 0 bridgehead atoms. The van der Waals surface area contributed by atoms with Crippen LogP contribution in [0.4, 0.5) is 5.69 Å². The van der Waals surface area contributed by atoms with Crippen molar-refractivity contribution in [1.29, 1.82) is 0 Å². The van der Waals surface area contributed by atoms with E-state index in [9.17, 15) is 9.59 Å². The van der Waals surface area contributed by atoms with Gasteiger partial charge in [-0.15, -0.1) is 11.3 Å². The van der Waals surface area contributed by atoms with Crippen molar-refractivity contribution in [3.8, 4) is 0 Å². The summed E-state index contributed by atoms with van der Waals surface area (Å²) in [5, 5.41) is 3.96. The van der Waals surface area contributed by atoms with Gasteiger partial charge in [-0.1, -0.05) is 44.7 Å². The molecule has 1 aliphatic carbocycles. The maximum atomic E-state index is 13.5. The van der Waals surface area contributed by atoms with E-state index in [-0.39, 0.29) is 16.9 Å². The molecule has 1 unspecified atom stereocenters. The molecule has 0 spiro atoms. The molecule has 3 aromatic rings. The molecule has 2 heterocycles. The predicted molar refractivity (Wildman–Crippen MR) is 141 cm³/mol. The fourth-order valence-corrected chi connectivity index (χ4v) is 6.46. The summed E-state index contributed by atoms with van der Waals surface area (Å²) < 4.78 is 6.94. The van der Waals surface area contributed by atoms with E-state index in [0.717, 1.165) is 35.2 Å². The molecular weight excluding hydrogens is 466 g/mol. The summed E-state index contributed by atoms with van der Waals surface area (Å²) in [7, 11) is 1.66. The molecule has 1 N–H and O–H groups in total. The second kappa shape index (κ2) is 10.2. The van der Waals surface area contributed by atoms with Crippen molar-refractivity contribution in [2.24, 2.45) is 0 Å². The van der Waals surface area contributed by atoms with E-state index in [1.807, 2.05) is 31.2 Å². The molecule has 1 amide bonds. The van der Waals surface area contributed by atoms with Gasteiger partial charge in [0, 0.05) is 30.8 Å². The summed E-state index contributed by atoms with van der Waals surface area (Å²) in [5.41, 5.74) is 3.23. The molecule has 0 saturated heterocycles. The normalized spacial score (nSPS) is 14.4. The van der Waals surface area contributed by atoms with Gasteiger partial charge in [0.05, 0.1) is 10.6 Å². The van der Waals surface area contributed by atoms with Crippen LogP contribution < -0.4 is 10.9 Å². The number of nitrogens with one attached hydrogen (secondary N) is 1. The van der Waals surface area contributed by atoms with E-state index < -0.39 is 5.25 Å². The minimum atomic E-state index is -0.410. The van der Waals surface area contributed by atoms with Crippen LogP contribution in [-0.4, -0.2) is 34.4 Å². The summed E-state index contributed by atoms with van der Waals surface area (Å²) in [6, 6.07) is 7.97. The summed E-state index contributed by atoms with van der Waals surface area (Å²) in [5.74, 6) is -0.111. The van der Waals surface area contributed by atoms with Crippen LogP contribution in [0, 0.1) is 0 Å². The van der Waals surface area contributed by atoms with Gasteiger partial charge in [0.15, 0.2) is 5.16 Å². The first kappa shape index (κ1) is 24.9. The molecule has 182 valence electrons. The van der Waals surface area contributed by atoms with Crippen LogP contribution in [0.15, 0.2) is 34.2 Å². The zero-order chi connectivity index (χ0) is 24.5. The first-order valence-electron chi connectivity index (χ1n) is 11.8. The van der Waals surface area contributed by atoms with Crippen LogP contribution in [0.3, 0.4) is 0 Å². The molecule has 1 atom stereocenters. The highest BCUT2D eigenvalue weighted by atomic mass is 32.2. The van der Waals surface area contributed by atoms with Gasteiger partial charge in [0.1, 0.15) is 4.83 Å². The average Bonchev–Trinajstić information content (AvgIpc) is 3.36. The number of methoxy groups -OCH3 is 1. The minimum Gasteiger partial charge on any atom is -0.385 e. The summed E-state index contributed by atoms with van der Waals surface area (Å²) in [6.07, 6.45) is 3.78. The highest BCUT2D eigenvalue weighted by Crippen LogP contribution is 2.36. The third kappa shape index (κ3) is 5.24. The van der Waals surface area contributed by atoms with Crippen LogP contribution in [-0.2, 0) is 34.3 Å². The number of aromatic nitrogens is 2. The van der Waals surface area contributed by atoms with Crippen molar-refractivity contribution in [3.05, 3.63) is 50.6 Å². The fourth-order valence-electron chi connectivity index (χ4n) is 4.22. The number of hydrogen-bond donors (Lipinski definition) is 1. The molecule has 1 aliphatic rings. The molecule has 0 saturated carbocycles. The van der Waals surface area contributed by atoms with E-state index in [0.29, 0.717) is 24.7 Å². The van der Waals surface area contributed by atoms with Gasteiger partial charge in [-0.25, -0.2) is 4.98 Å². The first-order valence-corrected chi connectivity index (χ1v) is 13.5. The maximum absolute atomic E-state index is 13.5. The van der Waals surface area contributed by atoms with Crippen molar-refractivity contribution >= 4 is 44.9 Å². The lowest BCUT2D eigenvalue weighted by Gasteiger charge is -2.19. The number of hydrogen-bond acceptors (Lipinski definition) is 6. The number of carbonyl (C=O) groups is 1. The number of nitrogens with zero attached hydrogens (tertiary/aromatic N) is 2. The zero-order valence-corrected chi connectivity index (χ0v) is 22.2.